The summed E-state index contributed by atoms with van der Waals surface area (Å²) in [4.78, 5) is 12.1. The van der Waals surface area contributed by atoms with Gasteiger partial charge in [-0.1, -0.05) is 35.3 Å². The van der Waals surface area contributed by atoms with Crippen molar-refractivity contribution in [1.82, 2.24) is 0 Å². The van der Waals surface area contributed by atoms with Gasteiger partial charge in [0.1, 0.15) is 5.75 Å². The molecule has 0 fully saturated rings. The maximum absolute atomic E-state index is 12.3. The molecule has 3 nitrogen and oxygen atoms in total. The van der Waals surface area contributed by atoms with Crippen LogP contribution in [0.5, 0.6) is 5.75 Å². The van der Waals surface area contributed by atoms with Crippen LogP contribution in [-0.2, 0) is 0 Å². The third-order valence-corrected chi connectivity index (χ3v) is 3.27. The molecule has 1 N–H and O–H groups in total. The highest BCUT2D eigenvalue weighted by molar-refractivity contribution is 6.42. The first kappa shape index (κ1) is 15.5. The zero-order valence-electron chi connectivity index (χ0n) is 10.4. The number of hydrogen-bond acceptors (Lipinski definition) is 2. The Morgan fingerprint density at radius 3 is 2.48 bits per heavy atom. The van der Waals surface area contributed by atoms with Crippen LogP contribution in [0.4, 0.5) is 14.5 Å². The van der Waals surface area contributed by atoms with Crippen molar-refractivity contribution in [3.8, 4) is 5.75 Å². The molecular formula is C14H9Cl2F2NO2. The van der Waals surface area contributed by atoms with Gasteiger partial charge in [-0.25, -0.2) is 0 Å². The molecule has 21 heavy (non-hydrogen) atoms. The van der Waals surface area contributed by atoms with Crippen LogP contribution < -0.4 is 10.1 Å². The number of rotatable bonds is 4. The van der Waals surface area contributed by atoms with Crippen LogP contribution in [0, 0.1) is 0 Å². The summed E-state index contributed by atoms with van der Waals surface area (Å²) in [6.07, 6.45) is 0. The lowest BCUT2D eigenvalue weighted by Gasteiger charge is -2.11. The van der Waals surface area contributed by atoms with E-state index in [0.717, 1.165) is 0 Å². The van der Waals surface area contributed by atoms with E-state index in [1.807, 2.05) is 0 Å². The smallest absolute Gasteiger partial charge is 0.387 e. The van der Waals surface area contributed by atoms with Crippen LogP contribution in [0.3, 0.4) is 0 Å². The maximum atomic E-state index is 12.3. The van der Waals surface area contributed by atoms with Crippen LogP contribution in [0.25, 0.3) is 0 Å². The molecule has 0 spiro atoms. The monoisotopic (exact) mass is 331 g/mol. The van der Waals surface area contributed by atoms with Crippen LogP contribution in [0.2, 0.25) is 10.0 Å². The molecule has 0 saturated carbocycles. The van der Waals surface area contributed by atoms with Gasteiger partial charge in [0.2, 0.25) is 0 Å². The second kappa shape index (κ2) is 6.74. The molecule has 0 aliphatic rings. The minimum Gasteiger partial charge on any atom is -0.433 e. The number of hydrogen-bond donors (Lipinski definition) is 1. The fraction of sp³-hybridized carbons (Fsp3) is 0.0714. The Morgan fingerprint density at radius 1 is 1.10 bits per heavy atom. The average molecular weight is 332 g/mol. The predicted octanol–water partition coefficient (Wildman–Crippen LogP) is 4.85. The van der Waals surface area contributed by atoms with E-state index in [9.17, 15) is 13.6 Å². The van der Waals surface area contributed by atoms with Crippen molar-refractivity contribution in [2.24, 2.45) is 0 Å². The summed E-state index contributed by atoms with van der Waals surface area (Å²) in [6.45, 7) is -2.98. The topological polar surface area (TPSA) is 38.3 Å². The summed E-state index contributed by atoms with van der Waals surface area (Å²) in [5.41, 5.74) is 0.380. The summed E-state index contributed by atoms with van der Waals surface area (Å²) < 4.78 is 28.9. The highest BCUT2D eigenvalue weighted by atomic mass is 35.5. The maximum Gasteiger partial charge on any atom is 0.387 e. The van der Waals surface area contributed by atoms with E-state index in [0.29, 0.717) is 5.02 Å². The highest BCUT2D eigenvalue weighted by Crippen LogP contribution is 2.27. The lowest BCUT2D eigenvalue weighted by molar-refractivity contribution is -0.0493. The normalized spacial score (nSPS) is 10.5. The number of benzene rings is 2. The fourth-order valence-corrected chi connectivity index (χ4v) is 1.90. The molecule has 2 aromatic rings. The number of alkyl halides is 2. The summed E-state index contributed by atoms with van der Waals surface area (Å²) in [5, 5.41) is 3.02. The molecule has 0 saturated heterocycles. The summed E-state index contributed by atoms with van der Waals surface area (Å²) in [7, 11) is 0. The van der Waals surface area contributed by atoms with Gasteiger partial charge in [0, 0.05) is 5.56 Å². The van der Waals surface area contributed by atoms with Crippen molar-refractivity contribution in [3.63, 3.8) is 0 Å². The number of ether oxygens (including phenoxy) is 1. The Balaban J connectivity index is 2.21. The second-order valence-electron chi connectivity index (χ2n) is 3.96. The molecule has 0 bridgehead atoms. The van der Waals surface area contributed by atoms with Gasteiger partial charge in [-0.2, -0.15) is 8.78 Å². The van der Waals surface area contributed by atoms with Crippen LogP contribution in [-0.4, -0.2) is 12.5 Å². The molecule has 1 amide bonds. The van der Waals surface area contributed by atoms with Crippen LogP contribution in [0.15, 0.2) is 42.5 Å². The molecule has 0 radical (unpaired) electrons. The summed E-state index contributed by atoms with van der Waals surface area (Å²) >= 11 is 11.6. The number of nitrogens with one attached hydrogen (secondary N) is 1. The third kappa shape index (κ3) is 4.06. The molecule has 0 atom stereocenters. The van der Waals surface area contributed by atoms with Crippen molar-refractivity contribution < 1.29 is 18.3 Å². The molecule has 0 aromatic heterocycles. The SMILES string of the molecule is O=C(Nc1ccccc1OC(F)F)c1ccc(Cl)c(Cl)c1. The Kier molecular flexibility index (Phi) is 4.98. The van der Waals surface area contributed by atoms with Gasteiger partial charge in [0.05, 0.1) is 15.7 Å². The van der Waals surface area contributed by atoms with E-state index >= 15 is 0 Å². The number of carbonyl (C=O) groups is 1. The van der Waals surface area contributed by atoms with Gasteiger partial charge in [-0.3, -0.25) is 4.79 Å². The van der Waals surface area contributed by atoms with Gasteiger partial charge >= 0.3 is 6.61 Å². The van der Waals surface area contributed by atoms with Crippen molar-refractivity contribution >= 4 is 34.8 Å². The first-order chi connectivity index (χ1) is 9.97. The van der Waals surface area contributed by atoms with Gasteiger partial charge < -0.3 is 10.1 Å². The molecule has 0 aliphatic heterocycles. The number of amides is 1. The third-order valence-electron chi connectivity index (χ3n) is 2.53. The largest absolute Gasteiger partial charge is 0.433 e. The quantitative estimate of drug-likeness (QED) is 0.869. The van der Waals surface area contributed by atoms with Gasteiger partial charge in [-0.05, 0) is 30.3 Å². The van der Waals surface area contributed by atoms with Gasteiger partial charge in [-0.15, -0.1) is 0 Å². The molecular weight excluding hydrogens is 323 g/mol. The Hall–Kier alpha value is -1.85. The zero-order valence-corrected chi connectivity index (χ0v) is 12.0. The molecule has 0 unspecified atom stereocenters. The van der Waals surface area contributed by atoms with Crippen molar-refractivity contribution in [2.45, 2.75) is 6.61 Å². The first-order valence-electron chi connectivity index (χ1n) is 5.77. The first-order valence-corrected chi connectivity index (χ1v) is 6.53. The van der Waals surface area contributed by atoms with E-state index in [4.69, 9.17) is 23.2 Å². The molecule has 0 aliphatic carbocycles. The molecule has 110 valence electrons. The van der Waals surface area contributed by atoms with E-state index in [-0.39, 0.29) is 22.0 Å². The van der Waals surface area contributed by atoms with E-state index in [1.54, 1.807) is 6.07 Å². The summed E-state index contributed by atoms with van der Waals surface area (Å²) in [5.74, 6) is -0.639. The number of carbonyl (C=O) groups excluding carboxylic acids is 1. The Bertz CT molecular complexity index is 665. The van der Waals surface area contributed by atoms with Gasteiger partial charge in [0.25, 0.3) is 5.91 Å². The minimum absolute atomic E-state index is 0.124. The highest BCUT2D eigenvalue weighted by Gasteiger charge is 2.13. The second-order valence-corrected chi connectivity index (χ2v) is 4.77. The average Bonchev–Trinajstić information content (AvgIpc) is 2.43. The Morgan fingerprint density at radius 2 is 1.81 bits per heavy atom. The van der Waals surface area contributed by atoms with Crippen molar-refractivity contribution in [2.75, 3.05) is 5.32 Å². The van der Waals surface area contributed by atoms with Gasteiger partial charge in [0.15, 0.2) is 0 Å². The molecule has 2 rings (SSSR count). The minimum atomic E-state index is -2.98. The number of para-hydroxylation sites is 2. The number of halogens is 4. The summed E-state index contributed by atoms with van der Waals surface area (Å²) in [6, 6.07) is 10.2. The zero-order chi connectivity index (χ0) is 15.4. The molecule has 2 aromatic carbocycles. The van der Waals surface area contributed by atoms with Crippen LogP contribution in [0.1, 0.15) is 10.4 Å². The molecule has 0 heterocycles. The number of anilines is 1. The van der Waals surface area contributed by atoms with E-state index in [2.05, 4.69) is 10.1 Å². The standard InChI is InChI=1S/C14H9Cl2F2NO2/c15-9-6-5-8(7-10(9)16)13(20)19-11-3-1-2-4-12(11)21-14(17)18/h1-7,14H,(H,19,20). The lowest BCUT2D eigenvalue weighted by atomic mass is 10.2. The van der Waals surface area contributed by atoms with E-state index < -0.39 is 12.5 Å². The lowest BCUT2D eigenvalue weighted by Crippen LogP contribution is -2.13. The predicted molar refractivity (Wildman–Crippen MR) is 77.5 cm³/mol. The fourth-order valence-electron chi connectivity index (χ4n) is 1.60. The Labute approximate surface area is 129 Å². The van der Waals surface area contributed by atoms with Crippen molar-refractivity contribution in [1.29, 1.82) is 0 Å². The van der Waals surface area contributed by atoms with Crippen LogP contribution >= 0.6 is 23.2 Å². The van der Waals surface area contributed by atoms with Crippen molar-refractivity contribution in [3.05, 3.63) is 58.1 Å². The van der Waals surface area contributed by atoms with E-state index in [1.165, 1.54) is 36.4 Å². The molecule has 7 heteroatoms.